The summed E-state index contributed by atoms with van der Waals surface area (Å²) in [7, 11) is 1.86. The molecule has 1 aromatic heterocycles. The number of rotatable bonds is 3. The number of benzene rings is 2. The van der Waals surface area contributed by atoms with Gasteiger partial charge in [-0.3, -0.25) is 0 Å². The number of aromatic nitrogens is 1. The van der Waals surface area contributed by atoms with Crippen molar-refractivity contribution in [2.24, 2.45) is 7.05 Å². The van der Waals surface area contributed by atoms with Gasteiger partial charge in [0.25, 0.3) is 0 Å². The van der Waals surface area contributed by atoms with Crippen molar-refractivity contribution in [2.45, 2.75) is 53.3 Å². The van der Waals surface area contributed by atoms with Crippen LogP contribution in [0.2, 0.25) is 0 Å². The van der Waals surface area contributed by atoms with Crippen LogP contribution < -0.4 is 4.57 Å². The first-order valence-corrected chi connectivity index (χ1v) is 8.81. The highest BCUT2D eigenvalue weighted by Crippen LogP contribution is 2.33. The largest absolute Gasteiger partial charge is 0.220 e. The second kappa shape index (κ2) is 6.63. The average Bonchev–Trinajstić information content (AvgIpc) is 2.64. The van der Waals surface area contributed by atoms with Gasteiger partial charge >= 0.3 is 0 Å². The maximum absolute atomic E-state index is 8.57. The highest BCUT2D eigenvalue weighted by Gasteiger charge is 2.19. The lowest BCUT2D eigenvalue weighted by molar-refractivity contribution is -0.659. The van der Waals surface area contributed by atoms with Gasteiger partial charge in [0.1, 0.15) is 8.42 Å². The topological polar surface area (TPSA) is 3.88 Å². The number of fused-ring (bicyclic) bond motifs is 1. The van der Waals surface area contributed by atoms with Gasteiger partial charge in [-0.1, -0.05) is 45.8 Å². The van der Waals surface area contributed by atoms with Crippen molar-refractivity contribution < 1.29 is 11.4 Å². The molecule has 0 radical (unpaired) electrons. The van der Waals surface area contributed by atoms with Crippen LogP contribution in [0.4, 0.5) is 0 Å². The molecule has 0 aliphatic rings. The maximum atomic E-state index is 8.57. The van der Waals surface area contributed by atoms with Crippen molar-refractivity contribution in [3.05, 3.63) is 64.8 Å². The fourth-order valence-corrected chi connectivity index (χ4v) is 3.33. The molecule has 2 aromatic carbocycles. The Morgan fingerprint density at radius 1 is 1.04 bits per heavy atom. The molecule has 0 amide bonds. The van der Waals surface area contributed by atoms with E-state index >= 15 is 0 Å². The van der Waals surface area contributed by atoms with E-state index in [9.17, 15) is 0 Å². The van der Waals surface area contributed by atoms with E-state index in [-0.39, 0.29) is 0 Å². The van der Waals surface area contributed by atoms with Crippen LogP contribution in [0.15, 0.2) is 42.6 Å². The van der Waals surface area contributed by atoms with E-state index in [4.69, 9.17) is 6.85 Å². The SMILES string of the molecule is [2H]c1cc2cc(C(C)C)ccc2c(-c2cc(C([2H])(C)C([2H])([2H])[2H])cc(C)c2C)[n+]1C. The Morgan fingerprint density at radius 2 is 1.80 bits per heavy atom. The van der Waals surface area contributed by atoms with Crippen molar-refractivity contribution >= 4 is 10.8 Å². The second-order valence-corrected chi connectivity index (χ2v) is 7.27. The number of hydrogen-bond donors (Lipinski definition) is 0. The minimum Gasteiger partial charge on any atom is -0.200 e. The van der Waals surface area contributed by atoms with Crippen LogP contribution in [0.5, 0.6) is 0 Å². The van der Waals surface area contributed by atoms with E-state index in [2.05, 4.69) is 32.0 Å². The smallest absolute Gasteiger partial charge is 0.200 e. The standard InChI is InChI=1S/C24H30N/c1-15(2)19-8-9-22-20(13-19)10-11-25(7)24(22)23-14-21(16(3)4)12-17(5)18(23)6/h8-16H,1-7H3/q+1/i3D3,11D,16D. The van der Waals surface area contributed by atoms with E-state index in [0.717, 1.165) is 33.2 Å². The molecule has 1 heteroatoms. The summed E-state index contributed by atoms with van der Waals surface area (Å²) >= 11 is 0. The molecule has 0 bridgehead atoms. The van der Waals surface area contributed by atoms with Crippen LogP contribution in [-0.2, 0) is 7.05 Å². The van der Waals surface area contributed by atoms with Crippen LogP contribution in [0.25, 0.3) is 22.0 Å². The maximum Gasteiger partial charge on any atom is 0.220 e. The van der Waals surface area contributed by atoms with Crippen molar-refractivity contribution in [1.82, 2.24) is 0 Å². The van der Waals surface area contributed by atoms with E-state index in [1.807, 2.05) is 43.7 Å². The zero-order chi connectivity index (χ0) is 22.6. The Labute approximate surface area is 159 Å². The average molecular weight is 338 g/mol. The van der Waals surface area contributed by atoms with Crippen LogP contribution >= 0.6 is 0 Å². The molecule has 0 saturated heterocycles. The molecular weight excluding hydrogens is 302 g/mol. The Hall–Kier alpha value is -2.15. The lowest BCUT2D eigenvalue weighted by atomic mass is 9.90. The van der Waals surface area contributed by atoms with Crippen molar-refractivity contribution in [3.63, 3.8) is 0 Å². The summed E-state index contributed by atoms with van der Waals surface area (Å²) in [6.45, 7) is 7.25. The highest BCUT2D eigenvalue weighted by atomic mass is 14.9. The van der Waals surface area contributed by atoms with Crippen molar-refractivity contribution in [2.75, 3.05) is 0 Å². The minimum absolute atomic E-state index is 0.380. The summed E-state index contributed by atoms with van der Waals surface area (Å²) in [4.78, 5) is 0. The van der Waals surface area contributed by atoms with Crippen LogP contribution in [-0.4, -0.2) is 0 Å². The van der Waals surface area contributed by atoms with Gasteiger partial charge in [-0.25, -0.2) is 4.57 Å². The zero-order valence-corrected chi connectivity index (χ0v) is 16.0. The molecule has 1 unspecified atom stereocenters. The first-order valence-electron chi connectivity index (χ1n) is 11.3. The number of pyridine rings is 1. The number of nitrogens with zero attached hydrogens (tertiary/aromatic N) is 1. The van der Waals surface area contributed by atoms with Crippen molar-refractivity contribution in [3.8, 4) is 11.3 Å². The van der Waals surface area contributed by atoms with Gasteiger partial charge in [-0.15, -0.1) is 0 Å². The molecule has 3 rings (SSSR count). The third-order valence-corrected chi connectivity index (χ3v) is 5.10. The molecule has 0 fully saturated rings. The Bertz CT molecular complexity index is 1130. The Balaban J connectivity index is 2.39. The third kappa shape index (κ3) is 3.20. The lowest BCUT2D eigenvalue weighted by Gasteiger charge is -2.15. The molecule has 0 N–H and O–H groups in total. The molecule has 25 heavy (non-hydrogen) atoms. The quantitative estimate of drug-likeness (QED) is 0.501. The van der Waals surface area contributed by atoms with Gasteiger partial charge in [0, 0.05) is 11.5 Å². The summed E-state index contributed by atoms with van der Waals surface area (Å²) in [5, 5.41) is 2.00. The molecular formula is C24H30N+. The molecule has 0 spiro atoms. The van der Waals surface area contributed by atoms with Crippen LogP contribution in [0.3, 0.4) is 0 Å². The molecule has 130 valence electrons. The normalized spacial score (nSPS) is 17.5. The summed E-state index contributed by atoms with van der Waals surface area (Å²) < 4.78 is 42.5. The van der Waals surface area contributed by atoms with E-state index in [1.165, 1.54) is 12.5 Å². The van der Waals surface area contributed by atoms with Gasteiger partial charge in [0.2, 0.25) is 5.69 Å². The van der Waals surface area contributed by atoms with Crippen LogP contribution in [0, 0.1) is 13.8 Å². The Kier molecular flexibility index (Phi) is 3.25. The number of hydrogen-bond acceptors (Lipinski definition) is 0. The van der Waals surface area contributed by atoms with Crippen LogP contribution in [0.1, 0.15) is 68.5 Å². The van der Waals surface area contributed by atoms with Gasteiger partial charge in [0.15, 0.2) is 6.17 Å². The molecule has 0 aliphatic carbocycles. The third-order valence-electron chi connectivity index (χ3n) is 5.10. The van der Waals surface area contributed by atoms with E-state index in [0.29, 0.717) is 17.7 Å². The molecule has 0 aliphatic heterocycles. The molecule has 3 aromatic rings. The molecule has 1 nitrogen and oxygen atoms in total. The zero-order valence-electron chi connectivity index (χ0n) is 21.0. The summed E-state index contributed by atoms with van der Waals surface area (Å²) in [5.41, 5.74) is 5.37. The number of aryl methyl sites for hydroxylation is 1. The van der Waals surface area contributed by atoms with E-state index in [1.54, 1.807) is 0 Å². The molecule has 1 atom stereocenters. The predicted molar refractivity (Wildman–Crippen MR) is 108 cm³/mol. The van der Waals surface area contributed by atoms with Gasteiger partial charge in [-0.2, -0.15) is 0 Å². The first kappa shape index (κ1) is 12.2. The summed E-state index contributed by atoms with van der Waals surface area (Å²) in [5.74, 6) is -1.34. The summed E-state index contributed by atoms with van der Waals surface area (Å²) in [6.07, 6.45) is 0.380. The van der Waals surface area contributed by atoms with Gasteiger partial charge < -0.3 is 0 Å². The molecule has 1 heterocycles. The highest BCUT2D eigenvalue weighted by molar-refractivity contribution is 5.94. The van der Waals surface area contributed by atoms with Gasteiger partial charge in [-0.05, 0) is 65.4 Å². The van der Waals surface area contributed by atoms with Gasteiger partial charge in [0.05, 0.1) is 10.9 Å². The monoisotopic (exact) mass is 337 g/mol. The fourth-order valence-electron chi connectivity index (χ4n) is 3.33. The first-order chi connectivity index (χ1) is 13.8. The molecule has 0 saturated carbocycles. The predicted octanol–water partition coefficient (Wildman–Crippen LogP) is 6.19. The van der Waals surface area contributed by atoms with E-state index < -0.39 is 12.7 Å². The summed E-state index contributed by atoms with van der Waals surface area (Å²) in [6, 6.07) is 11.8. The van der Waals surface area contributed by atoms with Crippen molar-refractivity contribution in [1.29, 1.82) is 0 Å². The fraction of sp³-hybridized carbons (Fsp3) is 0.375. The minimum atomic E-state index is -2.44. The Morgan fingerprint density at radius 3 is 2.48 bits per heavy atom. The second-order valence-electron chi connectivity index (χ2n) is 7.27. The lowest BCUT2D eigenvalue weighted by Crippen LogP contribution is -2.31.